The lowest BCUT2D eigenvalue weighted by Crippen LogP contribution is -2.43. The van der Waals surface area contributed by atoms with Gasteiger partial charge in [-0.3, -0.25) is 9.69 Å². The maximum absolute atomic E-state index is 11.6. The number of likely N-dealkylation sites (N-methyl/N-ethyl adjacent to an activating group) is 1. The number of carbonyl (C=O) groups is 1. The fraction of sp³-hybridized carbons (Fsp3) is 0.533. The molecule has 1 heterocycles. The highest BCUT2D eigenvalue weighted by Gasteiger charge is 2.24. The average molecular weight is 260 g/mol. The van der Waals surface area contributed by atoms with E-state index >= 15 is 0 Å². The molecule has 1 aliphatic heterocycles. The van der Waals surface area contributed by atoms with Crippen LogP contribution in [0.4, 0.5) is 0 Å². The second-order valence-corrected chi connectivity index (χ2v) is 5.60. The van der Waals surface area contributed by atoms with Crippen LogP contribution in [0, 0.1) is 0 Å². The highest BCUT2D eigenvalue weighted by atomic mass is 16.3. The lowest BCUT2D eigenvalue weighted by molar-refractivity contribution is 0.0994. The molecule has 1 aliphatic carbocycles. The summed E-state index contributed by atoms with van der Waals surface area (Å²) in [4.78, 5) is 16.3. The van der Waals surface area contributed by atoms with Gasteiger partial charge in [0.15, 0.2) is 5.78 Å². The predicted molar refractivity (Wildman–Crippen MR) is 73.5 cm³/mol. The van der Waals surface area contributed by atoms with Crippen molar-refractivity contribution >= 4 is 5.78 Å². The van der Waals surface area contributed by atoms with E-state index in [2.05, 4.69) is 16.8 Å². The number of benzene rings is 1. The quantitative estimate of drug-likeness (QED) is 0.869. The van der Waals surface area contributed by atoms with E-state index in [0.29, 0.717) is 18.6 Å². The van der Waals surface area contributed by atoms with E-state index < -0.39 is 0 Å². The van der Waals surface area contributed by atoms with Crippen molar-refractivity contribution < 1.29 is 9.90 Å². The number of rotatable bonds is 2. The van der Waals surface area contributed by atoms with E-state index in [9.17, 15) is 9.90 Å². The van der Waals surface area contributed by atoms with E-state index in [1.54, 1.807) is 0 Å². The smallest absolute Gasteiger partial charge is 0.163 e. The van der Waals surface area contributed by atoms with Gasteiger partial charge in [-0.15, -0.1) is 0 Å². The Morgan fingerprint density at radius 3 is 2.63 bits per heavy atom. The van der Waals surface area contributed by atoms with Gasteiger partial charge < -0.3 is 10.0 Å². The summed E-state index contributed by atoms with van der Waals surface area (Å²) in [6.07, 6.45) is 1.23. The number of hydrogen-bond donors (Lipinski definition) is 1. The molecule has 0 atom stereocenters. The van der Waals surface area contributed by atoms with Crippen LogP contribution in [0.5, 0.6) is 5.75 Å². The molecule has 19 heavy (non-hydrogen) atoms. The number of hydrogen-bond acceptors (Lipinski definition) is 4. The summed E-state index contributed by atoms with van der Waals surface area (Å²) in [5, 5.41) is 10.3. The van der Waals surface area contributed by atoms with Gasteiger partial charge in [-0.25, -0.2) is 0 Å². The Bertz CT molecular complexity index is 505. The molecule has 2 aliphatic rings. The molecule has 0 bridgehead atoms. The molecule has 1 N–H and O–H groups in total. The Morgan fingerprint density at radius 2 is 1.89 bits per heavy atom. The Kier molecular flexibility index (Phi) is 3.29. The number of phenols is 1. The van der Waals surface area contributed by atoms with Gasteiger partial charge in [-0.05, 0) is 13.5 Å². The zero-order valence-corrected chi connectivity index (χ0v) is 11.4. The number of carbonyl (C=O) groups excluding carboxylic acids is 1. The average Bonchev–Trinajstić information content (AvgIpc) is 2.78. The Labute approximate surface area is 113 Å². The molecule has 0 saturated carbocycles. The normalized spacial score (nSPS) is 20.8. The summed E-state index contributed by atoms with van der Waals surface area (Å²) in [6, 6.07) is 3.80. The minimum absolute atomic E-state index is 0.163. The van der Waals surface area contributed by atoms with Crippen LogP contribution in [-0.4, -0.2) is 53.9 Å². The maximum Gasteiger partial charge on any atom is 0.163 e. The molecule has 0 amide bonds. The van der Waals surface area contributed by atoms with Crippen molar-refractivity contribution in [3.63, 3.8) is 0 Å². The van der Waals surface area contributed by atoms with Crippen molar-refractivity contribution in [1.29, 1.82) is 0 Å². The van der Waals surface area contributed by atoms with Gasteiger partial charge in [-0.1, -0.05) is 12.1 Å². The Hall–Kier alpha value is -1.39. The fourth-order valence-corrected chi connectivity index (χ4v) is 2.95. The molecule has 1 fully saturated rings. The summed E-state index contributed by atoms with van der Waals surface area (Å²) in [5.41, 5.74) is 2.54. The highest BCUT2D eigenvalue weighted by Crippen LogP contribution is 2.33. The zero-order chi connectivity index (χ0) is 13.4. The van der Waals surface area contributed by atoms with Gasteiger partial charge in [0.25, 0.3) is 0 Å². The molecular weight excluding hydrogens is 240 g/mol. The standard InChI is InChI=1S/C15H20N2O2/c1-16-6-8-17(9-7-16)10-11-2-3-12-13(15(11)19)4-5-14(12)18/h2-3,19H,4-10H2,1H3. The molecule has 4 nitrogen and oxygen atoms in total. The predicted octanol–water partition coefficient (Wildman–Crippen LogP) is 1.27. The molecule has 0 aromatic heterocycles. The highest BCUT2D eigenvalue weighted by molar-refractivity contribution is 6.01. The lowest BCUT2D eigenvalue weighted by Gasteiger charge is -2.32. The molecule has 3 rings (SSSR count). The minimum Gasteiger partial charge on any atom is -0.507 e. The van der Waals surface area contributed by atoms with Crippen molar-refractivity contribution in [2.24, 2.45) is 0 Å². The number of ketones is 1. The Balaban J connectivity index is 1.77. The fourth-order valence-electron chi connectivity index (χ4n) is 2.95. The molecule has 1 aromatic carbocycles. The van der Waals surface area contributed by atoms with E-state index in [1.165, 1.54) is 0 Å². The molecular formula is C15H20N2O2. The van der Waals surface area contributed by atoms with Gasteiger partial charge in [0.05, 0.1) is 0 Å². The third-order valence-electron chi connectivity index (χ3n) is 4.26. The van der Waals surface area contributed by atoms with Gasteiger partial charge in [0, 0.05) is 55.8 Å². The second kappa shape index (κ2) is 4.94. The van der Waals surface area contributed by atoms with Crippen molar-refractivity contribution in [2.45, 2.75) is 19.4 Å². The minimum atomic E-state index is 0.163. The molecule has 0 unspecified atom stereocenters. The van der Waals surface area contributed by atoms with Gasteiger partial charge in [-0.2, -0.15) is 0 Å². The van der Waals surface area contributed by atoms with Crippen molar-refractivity contribution in [1.82, 2.24) is 9.80 Å². The number of aromatic hydroxyl groups is 1. The monoisotopic (exact) mass is 260 g/mol. The first-order valence-electron chi connectivity index (χ1n) is 6.93. The largest absolute Gasteiger partial charge is 0.507 e. The van der Waals surface area contributed by atoms with Crippen LogP contribution < -0.4 is 0 Å². The molecule has 4 heteroatoms. The third kappa shape index (κ3) is 2.38. The van der Waals surface area contributed by atoms with Crippen LogP contribution in [0.25, 0.3) is 0 Å². The van der Waals surface area contributed by atoms with Gasteiger partial charge in [0.1, 0.15) is 5.75 Å². The number of piperazine rings is 1. The first-order chi connectivity index (χ1) is 9.15. The van der Waals surface area contributed by atoms with Gasteiger partial charge >= 0.3 is 0 Å². The van der Waals surface area contributed by atoms with E-state index in [1.807, 2.05) is 12.1 Å². The topological polar surface area (TPSA) is 43.8 Å². The summed E-state index contributed by atoms with van der Waals surface area (Å²) in [6.45, 7) is 4.99. The maximum atomic E-state index is 11.6. The van der Waals surface area contributed by atoms with E-state index in [-0.39, 0.29) is 5.78 Å². The molecule has 1 saturated heterocycles. The number of fused-ring (bicyclic) bond motifs is 1. The zero-order valence-electron chi connectivity index (χ0n) is 11.4. The van der Waals surface area contributed by atoms with Crippen LogP contribution in [0.15, 0.2) is 12.1 Å². The number of Topliss-reactive ketones (excluding diaryl/α,β-unsaturated/α-hetero) is 1. The van der Waals surface area contributed by atoms with Crippen molar-refractivity contribution in [3.05, 3.63) is 28.8 Å². The molecule has 0 radical (unpaired) electrons. The van der Waals surface area contributed by atoms with Crippen molar-refractivity contribution in [3.8, 4) is 5.75 Å². The number of nitrogens with zero attached hydrogens (tertiary/aromatic N) is 2. The van der Waals surface area contributed by atoms with Crippen LogP contribution in [0.3, 0.4) is 0 Å². The molecule has 1 aromatic rings. The van der Waals surface area contributed by atoms with Crippen LogP contribution in [0.1, 0.15) is 27.9 Å². The molecule has 102 valence electrons. The second-order valence-electron chi connectivity index (χ2n) is 5.60. The van der Waals surface area contributed by atoms with E-state index in [0.717, 1.165) is 49.4 Å². The molecule has 0 spiro atoms. The first-order valence-corrected chi connectivity index (χ1v) is 6.93. The Morgan fingerprint density at radius 1 is 1.16 bits per heavy atom. The van der Waals surface area contributed by atoms with Gasteiger partial charge in [0.2, 0.25) is 0 Å². The SMILES string of the molecule is CN1CCN(Cc2ccc3c(c2O)CCC3=O)CC1. The third-order valence-corrected chi connectivity index (χ3v) is 4.26. The van der Waals surface area contributed by atoms with Crippen LogP contribution >= 0.6 is 0 Å². The van der Waals surface area contributed by atoms with Crippen LogP contribution in [0.2, 0.25) is 0 Å². The lowest BCUT2D eigenvalue weighted by atomic mass is 10.0. The first kappa shape index (κ1) is 12.6. The summed E-state index contributed by atoms with van der Waals surface area (Å²) >= 11 is 0. The summed E-state index contributed by atoms with van der Waals surface area (Å²) in [7, 11) is 2.13. The van der Waals surface area contributed by atoms with Crippen molar-refractivity contribution in [2.75, 3.05) is 33.2 Å². The summed E-state index contributed by atoms with van der Waals surface area (Å²) in [5.74, 6) is 0.513. The van der Waals surface area contributed by atoms with Crippen LogP contribution in [-0.2, 0) is 13.0 Å². The van der Waals surface area contributed by atoms with E-state index in [4.69, 9.17) is 0 Å². The summed E-state index contributed by atoms with van der Waals surface area (Å²) < 4.78 is 0. The number of phenolic OH excluding ortho intramolecular Hbond substituents is 1.